The van der Waals surface area contributed by atoms with E-state index in [0.717, 1.165) is 31.2 Å². The van der Waals surface area contributed by atoms with Gasteiger partial charge in [-0.15, -0.1) is 12.4 Å². The van der Waals surface area contributed by atoms with Crippen LogP contribution in [0, 0.1) is 5.92 Å². The SMILES string of the molecule is Cl.N[C@@H](c1ccc(OC(F)(F)C(F)F)cc1)C1CCCCC1. The summed E-state index contributed by atoms with van der Waals surface area (Å²) >= 11 is 0. The zero-order valence-corrected chi connectivity index (χ0v) is 12.8. The minimum Gasteiger partial charge on any atom is -0.428 e. The van der Waals surface area contributed by atoms with E-state index in [4.69, 9.17) is 5.73 Å². The minimum atomic E-state index is -4.48. The lowest BCUT2D eigenvalue weighted by atomic mass is 9.81. The summed E-state index contributed by atoms with van der Waals surface area (Å²) in [6.07, 6.45) is -2.70. The monoisotopic (exact) mass is 341 g/mol. The lowest BCUT2D eigenvalue weighted by Gasteiger charge is -2.28. The van der Waals surface area contributed by atoms with Gasteiger partial charge >= 0.3 is 12.5 Å². The summed E-state index contributed by atoms with van der Waals surface area (Å²) in [5, 5.41) is 0. The number of halogens is 5. The lowest BCUT2D eigenvalue weighted by molar-refractivity contribution is -0.253. The molecule has 0 spiro atoms. The van der Waals surface area contributed by atoms with E-state index in [1.165, 1.54) is 18.6 Å². The van der Waals surface area contributed by atoms with Crippen molar-refractivity contribution in [2.45, 2.75) is 50.7 Å². The Bertz CT molecular complexity index is 449. The second kappa shape index (κ2) is 8.02. The molecule has 126 valence electrons. The van der Waals surface area contributed by atoms with Crippen LogP contribution in [0.5, 0.6) is 5.75 Å². The molecule has 22 heavy (non-hydrogen) atoms. The van der Waals surface area contributed by atoms with Crippen molar-refractivity contribution in [2.24, 2.45) is 11.7 Å². The molecule has 0 unspecified atom stereocenters. The highest BCUT2D eigenvalue weighted by molar-refractivity contribution is 5.85. The third kappa shape index (κ3) is 4.74. The first-order valence-electron chi connectivity index (χ1n) is 7.10. The summed E-state index contributed by atoms with van der Waals surface area (Å²) in [6, 6.07) is 5.49. The minimum absolute atomic E-state index is 0. The van der Waals surface area contributed by atoms with Crippen LogP contribution >= 0.6 is 12.4 Å². The van der Waals surface area contributed by atoms with Gasteiger partial charge in [0.05, 0.1) is 0 Å². The Labute approximate surface area is 133 Å². The number of hydrogen-bond donors (Lipinski definition) is 1. The van der Waals surface area contributed by atoms with Crippen LogP contribution in [0.25, 0.3) is 0 Å². The van der Waals surface area contributed by atoms with Crippen molar-refractivity contribution < 1.29 is 22.3 Å². The van der Waals surface area contributed by atoms with Gasteiger partial charge in [-0.05, 0) is 36.5 Å². The topological polar surface area (TPSA) is 35.2 Å². The third-order valence-electron chi connectivity index (χ3n) is 3.93. The van der Waals surface area contributed by atoms with Gasteiger partial charge in [0.2, 0.25) is 0 Å². The second-order valence-electron chi connectivity index (χ2n) is 5.46. The molecule has 0 radical (unpaired) electrons. The maximum absolute atomic E-state index is 12.8. The molecule has 2 rings (SSSR count). The summed E-state index contributed by atoms with van der Waals surface area (Å²) in [5.41, 5.74) is 7.00. The van der Waals surface area contributed by atoms with Gasteiger partial charge in [-0.3, -0.25) is 0 Å². The summed E-state index contributed by atoms with van der Waals surface area (Å²) in [7, 11) is 0. The van der Waals surface area contributed by atoms with E-state index < -0.39 is 12.5 Å². The highest BCUT2D eigenvalue weighted by Crippen LogP contribution is 2.34. The van der Waals surface area contributed by atoms with Gasteiger partial charge in [-0.2, -0.15) is 17.6 Å². The highest BCUT2D eigenvalue weighted by Gasteiger charge is 2.43. The standard InChI is InChI=1S/C15H19F4NO.ClH/c16-14(17)15(18,19)21-12-8-6-11(7-9-12)13(20)10-4-2-1-3-5-10;/h6-10,13-14H,1-5,20H2;1H/t13-;/m1./s1. The maximum atomic E-state index is 12.8. The number of ether oxygens (including phenoxy) is 1. The fourth-order valence-corrected chi connectivity index (χ4v) is 2.73. The molecule has 0 aliphatic heterocycles. The highest BCUT2D eigenvalue weighted by atomic mass is 35.5. The Hall–Kier alpha value is -1.01. The first-order valence-corrected chi connectivity index (χ1v) is 7.10. The van der Waals surface area contributed by atoms with Crippen molar-refractivity contribution in [3.05, 3.63) is 29.8 Å². The lowest BCUT2D eigenvalue weighted by Crippen LogP contribution is -2.33. The zero-order chi connectivity index (χ0) is 15.5. The van der Waals surface area contributed by atoms with E-state index in [-0.39, 0.29) is 24.2 Å². The molecule has 0 heterocycles. The number of benzene rings is 1. The van der Waals surface area contributed by atoms with Crippen LogP contribution in [0.1, 0.15) is 43.7 Å². The van der Waals surface area contributed by atoms with E-state index >= 15 is 0 Å². The van der Waals surface area contributed by atoms with Gasteiger partial charge in [0.1, 0.15) is 5.75 Å². The predicted molar refractivity (Wildman–Crippen MR) is 78.8 cm³/mol. The van der Waals surface area contributed by atoms with Gasteiger partial charge in [0, 0.05) is 6.04 Å². The summed E-state index contributed by atoms with van der Waals surface area (Å²) < 4.78 is 53.7. The zero-order valence-electron chi connectivity index (χ0n) is 12.0. The van der Waals surface area contributed by atoms with Crippen LogP contribution in [0.4, 0.5) is 17.6 Å². The molecule has 1 aromatic rings. The summed E-state index contributed by atoms with van der Waals surface area (Å²) in [6.45, 7) is 0. The maximum Gasteiger partial charge on any atom is 0.461 e. The fraction of sp³-hybridized carbons (Fsp3) is 0.600. The fourth-order valence-electron chi connectivity index (χ4n) is 2.73. The molecule has 1 aliphatic rings. The van der Waals surface area contributed by atoms with Crippen LogP contribution < -0.4 is 10.5 Å². The van der Waals surface area contributed by atoms with Crippen molar-refractivity contribution in [3.8, 4) is 5.75 Å². The van der Waals surface area contributed by atoms with Crippen molar-refractivity contribution >= 4 is 12.4 Å². The first-order chi connectivity index (χ1) is 9.90. The second-order valence-corrected chi connectivity index (χ2v) is 5.46. The van der Waals surface area contributed by atoms with E-state index in [2.05, 4.69) is 4.74 Å². The number of hydrogen-bond acceptors (Lipinski definition) is 2. The molecule has 2 N–H and O–H groups in total. The smallest absolute Gasteiger partial charge is 0.428 e. The van der Waals surface area contributed by atoms with E-state index in [9.17, 15) is 17.6 Å². The van der Waals surface area contributed by atoms with E-state index in [1.54, 1.807) is 12.1 Å². The molecule has 1 fully saturated rings. The molecule has 0 saturated heterocycles. The van der Waals surface area contributed by atoms with Crippen molar-refractivity contribution in [2.75, 3.05) is 0 Å². The van der Waals surface area contributed by atoms with Crippen molar-refractivity contribution in [3.63, 3.8) is 0 Å². The van der Waals surface area contributed by atoms with Gasteiger partial charge in [-0.25, -0.2) is 0 Å². The van der Waals surface area contributed by atoms with Crippen molar-refractivity contribution in [1.29, 1.82) is 0 Å². The normalized spacial score (nSPS) is 17.9. The molecule has 1 atom stereocenters. The van der Waals surface area contributed by atoms with Gasteiger partial charge < -0.3 is 10.5 Å². The molecule has 2 nitrogen and oxygen atoms in total. The summed E-state index contributed by atoms with van der Waals surface area (Å²) in [4.78, 5) is 0. The Morgan fingerprint density at radius 1 is 1.05 bits per heavy atom. The molecule has 1 aromatic carbocycles. The average molecular weight is 342 g/mol. The average Bonchev–Trinajstić information content (AvgIpc) is 2.48. The van der Waals surface area contributed by atoms with Gasteiger partial charge in [-0.1, -0.05) is 31.4 Å². The molecule has 0 aromatic heterocycles. The van der Waals surface area contributed by atoms with E-state index in [1.807, 2.05) is 0 Å². The predicted octanol–water partition coefficient (Wildman–Crippen LogP) is 4.93. The largest absolute Gasteiger partial charge is 0.461 e. The molecule has 0 amide bonds. The molecule has 7 heteroatoms. The van der Waals surface area contributed by atoms with Crippen LogP contribution in [0.15, 0.2) is 24.3 Å². The quantitative estimate of drug-likeness (QED) is 0.771. The Balaban J connectivity index is 0.00000242. The molecular formula is C15H20ClF4NO. The van der Waals surface area contributed by atoms with E-state index in [0.29, 0.717) is 5.92 Å². The Morgan fingerprint density at radius 3 is 2.09 bits per heavy atom. The van der Waals surface area contributed by atoms with Gasteiger partial charge in [0.25, 0.3) is 0 Å². The summed E-state index contributed by atoms with van der Waals surface area (Å²) in [5.74, 6) is 0.0907. The molecular weight excluding hydrogens is 322 g/mol. The number of alkyl halides is 4. The molecule has 1 aliphatic carbocycles. The third-order valence-corrected chi connectivity index (χ3v) is 3.93. The Kier molecular flexibility index (Phi) is 6.94. The van der Waals surface area contributed by atoms with Gasteiger partial charge in [0.15, 0.2) is 0 Å². The first kappa shape index (κ1) is 19.0. The van der Waals surface area contributed by atoms with Crippen molar-refractivity contribution in [1.82, 2.24) is 0 Å². The number of rotatable bonds is 5. The van der Waals surface area contributed by atoms with Crippen LogP contribution in [0.2, 0.25) is 0 Å². The molecule has 1 saturated carbocycles. The van der Waals surface area contributed by atoms with Crippen LogP contribution in [-0.2, 0) is 0 Å². The Morgan fingerprint density at radius 2 is 1.59 bits per heavy atom. The van der Waals surface area contributed by atoms with Crippen LogP contribution in [0.3, 0.4) is 0 Å². The number of nitrogens with two attached hydrogens (primary N) is 1. The molecule has 0 bridgehead atoms. The van der Waals surface area contributed by atoms with Crippen LogP contribution in [-0.4, -0.2) is 12.5 Å².